The van der Waals surface area contributed by atoms with Crippen LogP contribution in [0.2, 0.25) is 0 Å². The number of nitrogens with two attached hydrogens (primary N) is 1. The second-order valence-electron chi connectivity index (χ2n) is 5.83. The number of carbonyl (C=O) groups is 1. The minimum absolute atomic E-state index is 0.253. The van der Waals surface area contributed by atoms with Crippen molar-refractivity contribution in [3.8, 4) is 0 Å². The fourth-order valence-electron chi connectivity index (χ4n) is 3.61. The molecular weight excluding hydrogens is 236 g/mol. The zero-order chi connectivity index (χ0) is 13.2. The Hall–Kier alpha value is -1.35. The van der Waals surface area contributed by atoms with Gasteiger partial charge in [0.25, 0.3) is 0 Å². The molecule has 2 saturated carbocycles. The highest BCUT2D eigenvalue weighted by Crippen LogP contribution is 2.55. The third-order valence-electron chi connectivity index (χ3n) is 4.75. The molecule has 102 valence electrons. The average molecular weight is 258 g/mol. The van der Waals surface area contributed by atoms with Crippen LogP contribution in [0.15, 0.2) is 24.3 Å². The quantitative estimate of drug-likeness (QED) is 0.870. The van der Waals surface area contributed by atoms with Gasteiger partial charge in [-0.25, -0.2) is 0 Å². The molecular formula is C16H22N2O. The van der Waals surface area contributed by atoms with Gasteiger partial charge in [0.1, 0.15) is 0 Å². The Kier molecular flexibility index (Phi) is 3.56. The monoisotopic (exact) mass is 258 g/mol. The number of carbonyl (C=O) groups excluding carboxylic acids is 1. The Labute approximate surface area is 114 Å². The van der Waals surface area contributed by atoms with Crippen molar-refractivity contribution >= 4 is 5.91 Å². The average Bonchev–Trinajstić information content (AvgIpc) is 3.19. The Morgan fingerprint density at radius 2 is 1.79 bits per heavy atom. The van der Waals surface area contributed by atoms with Crippen LogP contribution in [0.5, 0.6) is 0 Å². The molecule has 1 aromatic rings. The van der Waals surface area contributed by atoms with E-state index in [9.17, 15) is 4.79 Å². The summed E-state index contributed by atoms with van der Waals surface area (Å²) in [5.74, 6) is 1.91. The third-order valence-corrected chi connectivity index (χ3v) is 4.75. The SMILES string of the molecule is NCc1ccccc1CNC(=O)C1C2CCCCC21. The fourth-order valence-corrected chi connectivity index (χ4v) is 3.61. The van der Waals surface area contributed by atoms with Crippen LogP contribution in [-0.4, -0.2) is 5.91 Å². The molecule has 3 heteroatoms. The van der Waals surface area contributed by atoms with Gasteiger partial charge in [0.2, 0.25) is 5.91 Å². The maximum Gasteiger partial charge on any atom is 0.223 e. The largest absolute Gasteiger partial charge is 0.352 e. The normalized spacial score (nSPS) is 28.6. The van der Waals surface area contributed by atoms with Crippen LogP contribution in [-0.2, 0) is 17.9 Å². The van der Waals surface area contributed by atoms with E-state index in [4.69, 9.17) is 5.73 Å². The highest BCUT2D eigenvalue weighted by Gasteiger charge is 2.54. The highest BCUT2D eigenvalue weighted by molar-refractivity contribution is 5.82. The number of fused-ring (bicyclic) bond motifs is 1. The molecule has 1 aromatic carbocycles. The molecule has 0 bridgehead atoms. The lowest BCUT2D eigenvalue weighted by Crippen LogP contribution is -2.26. The van der Waals surface area contributed by atoms with E-state index in [1.807, 2.05) is 24.3 Å². The molecule has 0 spiro atoms. The van der Waals surface area contributed by atoms with E-state index in [1.54, 1.807) is 0 Å². The predicted molar refractivity (Wildman–Crippen MR) is 75.1 cm³/mol. The van der Waals surface area contributed by atoms with Gasteiger partial charge in [0.05, 0.1) is 0 Å². The van der Waals surface area contributed by atoms with Crippen LogP contribution in [0, 0.1) is 17.8 Å². The lowest BCUT2D eigenvalue weighted by atomic mass is 10.0. The molecule has 0 aliphatic heterocycles. The van der Waals surface area contributed by atoms with Crippen LogP contribution in [0.25, 0.3) is 0 Å². The zero-order valence-corrected chi connectivity index (χ0v) is 11.3. The van der Waals surface area contributed by atoms with E-state index in [0.29, 0.717) is 30.8 Å². The maximum atomic E-state index is 12.2. The van der Waals surface area contributed by atoms with Gasteiger partial charge < -0.3 is 11.1 Å². The van der Waals surface area contributed by atoms with Crippen LogP contribution in [0.4, 0.5) is 0 Å². The lowest BCUT2D eigenvalue weighted by molar-refractivity contribution is -0.123. The second kappa shape index (κ2) is 5.33. The minimum Gasteiger partial charge on any atom is -0.352 e. The number of hydrogen-bond donors (Lipinski definition) is 2. The molecule has 0 heterocycles. The summed E-state index contributed by atoms with van der Waals surface area (Å²) in [4.78, 5) is 12.2. The van der Waals surface area contributed by atoms with Crippen molar-refractivity contribution in [2.45, 2.75) is 38.8 Å². The predicted octanol–water partition coefficient (Wildman–Crippen LogP) is 2.20. The molecule has 1 amide bonds. The van der Waals surface area contributed by atoms with Gasteiger partial charge in [0, 0.05) is 19.0 Å². The number of hydrogen-bond acceptors (Lipinski definition) is 2. The molecule has 2 fully saturated rings. The summed E-state index contributed by atoms with van der Waals surface area (Å²) < 4.78 is 0. The third kappa shape index (κ3) is 2.52. The van der Waals surface area contributed by atoms with Gasteiger partial charge in [-0.2, -0.15) is 0 Å². The zero-order valence-electron chi connectivity index (χ0n) is 11.3. The van der Waals surface area contributed by atoms with Gasteiger partial charge in [-0.05, 0) is 35.8 Å². The van der Waals surface area contributed by atoms with Crippen molar-refractivity contribution in [3.05, 3.63) is 35.4 Å². The van der Waals surface area contributed by atoms with Crippen molar-refractivity contribution in [1.82, 2.24) is 5.32 Å². The number of benzene rings is 1. The molecule has 19 heavy (non-hydrogen) atoms. The van der Waals surface area contributed by atoms with Crippen LogP contribution < -0.4 is 11.1 Å². The Morgan fingerprint density at radius 1 is 1.16 bits per heavy atom. The smallest absolute Gasteiger partial charge is 0.223 e. The van der Waals surface area contributed by atoms with E-state index >= 15 is 0 Å². The first-order valence-electron chi connectivity index (χ1n) is 7.36. The van der Waals surface area contributed by atoms with Gasteiger partial charge in [-0.1, -0.05) is 37.1 Å². The Morgan fingerprint density at radius 3 is 2.42 bits per heavy atom. The number of rotatable bonds is 4. The van der Waals surface area contributed by atoms with E-state index in [2.05, 4.69) is 5.32 Å². The second-order valence-corrected chi connectivity index (χ2v) is 5.83. The first-order chi connectivity index (χ1) is 9.31. The van der Waals surface area contributed by atoms with Gasteiger partial charge in [0.15, 0.2) is 0 Å². The van der Waals surface area contributed by atoms with Crippen molar-refractivity contribution in [3.63, 3.8) is 0 Å². The molecule has 3 nitrogen and oxygen atoms in total. The molecule has 2 aliphatic rings. The fraction of sp³-hybridized carbons (Fsp3) is 0.562. The molecule has 0 aromatic heterocycles. The molecule has 2 atom stereocenters. The van der Waals surface area contributed by atoms with Crippen molar-refractivity contribution in [2.75, 3.05) is 0 Å². The molecule has 0 radical (unpaired) electrons. The molecule has 2 aliphatic carbocycles. The van der Waals surface area contributed by atoms with Gasteiger partial charge >= 0.3 is 0 Å². The van der Waals surface area contributed by atoms with E-state index < -0.39 is 0 Å². The van der Waals surface area contributed by atoms with Crippen molar-refractivity contribution in [1.29, 1.82) is 0 Å². The number of nitrogens with one attached hydrogen (secondary N) is 1. The Bertz CT molecular complexity index is 460. The summed E-state index contributed by atoms with van der Waals surface area (Å²) in [5.41, 5.74) is 7.97. The van der Waals surface area contributed by atoms with Gasteiger partial charge in [-0.15, -0.1) is 0 Å². The van der Waals surface area contributed by atoms with Crippen LogP contribution in [0.1, 0.15) is 36.8 Å². The lowest BCUT2D eigenvalue weighted by Gasteiger charge is -2.09. The van der Waals surface area contributed by atoms with Crippen molar-refractivity contribution < 1.29 is 4.79 Å². The first-order valence-corrected chi connectivity index (χ1v) is 7.36. The van der Waals surface area contributed by atoms with E-state index in [-0.39, 0.29) is 5.91 Å². The minimum atomic E-state index is 0.253. The summed E-state index contributed by atoms with van der Waals surface area (Å²) in [6.45, 7) is 1.14. The van der Waals surface area contributed by atoms with Gasteiger partial charge in [-0.3, -0.25) is 4.79 Å². The van der Waals surface area contributed by atoms with Crippen molar-refractivity contribution in [2.24, 2.45) is 23.5 Å². The van der Waals surface area contributed by atoms with Crippen LogP contribution in [0.3, 0.4) is 0 Å². The highest BCUT2D eigenvalue weighted by atomic mass is 16.2. The summed E-state index contributed by atoms with van der Waals surface area (Å²) in [5, 5.41) is 3.10. The molecule has 2 unspecified atom stereocenters. The summed E-state index contributed by atoms with van der Waals surface area (Å²) >= 11 is 0. The summed E-state index contributed by atoms with van der Waals surface area (Å²) in [7, 11) is 0. The van der Waals surface area contributed by atoms with E-state index in [0.717, 1.165) is 11.1 Å². The Balaban J connectivity index is 1.56. The number of amides is 1. The topological polar surface area (TPSA) is 55.1 Å². The maximum absolute atomic E-state index is 12.2. The molecule has 0 saturated heterocycles. The molecule has 3 rings (SSSR count). The standard InChI is InChI=1S/C16H22N2O/c17-9-11-5-1-2-6-12(11)10-18-16(19)15-13-7-3-4-8-14(13)15/h1-2,5-6,13-15H,3-4,7-10,17H2,(H,18,19). The van der Waals surface area contributed by atoms with E-state index in [1.165, 1.54) is 25.7 Å². The summed E-state index contributed by atoms with van der Waals surface area (Å²) in [6.07, 6.45) is 5.12. The first kappa shape index (κ1) is 12.7. The van der Waals surface area contributed by atoms with Crippen LogP contribution >= 0.6 is 0 Å². The molecule has 3 N–H and O–H groups in total. The summed E-state index contributed by atoms with van der Waals surface area (Å²) in [6, 6.07) is 8.06.